The number of rotatable bonds is 5. The molecule has 0 spiro atoms. The van der Waals surface area contributed by atoms with E-state index in [4.69, 9.17) is 0 Å². The van der Waals surface area contributed by atoms with Crippen LogP contribution in [-0.2, 0) is 11.2 Å². The van der Waals surface area contributed by atoms with Crippen LogP contribution >= 0.6 is 0 Å². The van der Waals surface area contributed by atoms with E-state index in [9.17, 15) is 4.79 Å². The number of hydrogen-bond donors (Lipinski definition) is 1. The fourth-order valence-corrected chi connectivity index (χ4v) is 2.39. The zero-order valence-corrected chi connectivity index (χ0v) is 13.9. The summed E-state index contributed by atoms with van der Waals surface area (Å²) < 4.78 is 0. The van der Waals surface area contributed by atoms with E-state index in [1.807, 2.05) is 19.1 Å². The highest BCUT2D eigenvalue weighted by Crippen LogP contribution is 2.18. The van der Waals surface area contributed by atoms with Crippen LogP contribution in [0.25, 0.3) is 0 Å². The zero-order chi connectivity index (χ0) is 16.1. The molecule has 2 heteroatoms. The molecule has 0 aliphatic rings. The minimum absolute atomic E-state index is 0.0486. The van der Waals surface area contributed by atoms with Crippen LogP contribution in [0.5, 0.6) is 0 Å². The molecule has 22 heavy (non-hydrogen) atoms. The standard InChI is InChI=1S/C20H25NO/c1-14(2)18-9-11-19(12-10-18)21-20(22)16(4)13-17-7-5-15(3)6-8-17/h5-12,14,16H,13H2,1-4H3,(H,21,22). The van der Waals surface area contributed by atoms with Gasteiger partial charge in [0.25, 0.3) is 0 Å². The van der Waals surface area contributed by atoms with Gasteiger partial charge >= 0.3 is 0 Å². The fraction of sp³-hybridized carbons (Fsp3) is 0.350. The van der Waals surface area contributed by atoms with Crippen molar-refractivity contribution in [3.8, 4) is 0 Å². The van der Waals surface area contributed by atoms with Gasteiger partial charge in [-0.2, -0.15) is 0 Å². The first-order chi connectivity index (χ1) is 10.5. The molecule has 116 valence electrons. The Labute approximate surface area is 133 Å². The summed E-state index contributed by atoms with van der Waals surface area (Å²) in [5.74, 6) is 0.524. The molecule has 0 fully saturated rings. The van der Waals surface area contributed by atoms with Gasteiger partial charge in [-0.1, -0.05) is 62.7 Å². The summed E-state index contributed by atoms with van der Waals surface area (Å²) >= 11 is 0. The van der Waals surface area contributed by atoms with Crippen LogP contribution in [0.15, 0.2) is 48.5 Å². The summed E-state index contributed by atoms with van der Waals surface area (Å²) in [5.41, 5.74) is 4.59. The molecule has 0 bridgehead atoms. The second kappa shape index (κ2) is 7.26. The summed E-state index contributed by atoms with van der Waals surface area (Å²) in [7, 11) is 0. The third-order valence-electron chi connectivity index (χ3n) is 3.95. The van der Waals surface area contributed by atoms with Crippen molar-refractivity contribution in [2.75, 3.05) is 5.32 Å². The number of benzene rings is 2. The molecule has 1 atom stereocenters. The zero-order valence-electron chi connectivity index (χ0n) is 13.9. The van der Waals surface area contributed by atoms with Crippen molar-refractivity contribution in [2.45, 2.75) is 40.0 Å². The predicted molar refractivity (Wildman–Crippen MR) is 93.2 cm³/mol. The van der Waals surface area contributed by atoms with E-state index >= 15 is 0 Å². The lowest BCUT2D eigenvalue weighted by atomic mass is 9.99. The van der Waals surface area contributed by atoms with Crippen molar-refractivity contribution in [1.29, 1.82) is 0 Å². The van der Waals surface area contributed by atoms with Crippen molar-refractivity contribution < 1.29 is 4.79 Å². The first kappa shape index (κ1) is 16.3. The van der Waals surface area contributed by atoms with E-state index in [1.165, 1.54) is 16.7 Å². The lowest BCUT2D eigenvalue weighted by Gasteiger charge is -2.13. The maximum absolute atomic E-state index is 12.3. The number of carbonyl (C=O) groups excluding carboxylic acids is 1. The summed E-state index contributed by atoms with van der Waals surface area (Å²) in [5, 5.41) is 3.00. The summed E-state index contributed by atoms with van der Waals surface area (Å²) in [6.07, 6.45) is 0.760. The molecular weight excluding hydrogens is 270 g/mol. The minimum atomic E-state index is -0.0486. The van der Waals surface area contributed by atoms with E-state index in [0.717, 1.165) is 12.1 Å². The highest BCUT2D eigenvalue weighted by molar-refractivity contribution is 5.92. The quantitative estimate of drug-likeness (QED) is 0.832. The summed E-state index contributed by atoms with van der Waals surface area (Å²) in [4.78, 5) is 12.3. The highest BCUT2D eigenvalue weighted by atomic mass is 16.1. The topological polar surface area (TPSA) is 29.1 Å². The molecule has 0 heterocycles. The molecular formula is C20H25NO. The van der Waals surface area contributed by atoms with E-state index in [-0.39, 0.29) is 11.8 Å². The van der Waals surface area contributed by atoms with Gasteiger partial charge in [0.05, 0.1) is 0 Å². The number of amides is 1. The van der Waals surface area contributed by atoms with Crippen molar-refractivity contribution in [3.05, 3.63) is 65.2 Å². The van der Waals surface area contributed by atoms with Gasteiger partial charge in [-0.3, -0.25) is 4.79 Å². The summed E-state index contributed by atoms with van der Waals surface area (Å²) in [6, 6.07) is 16.5. The van der Waals surface area contributed by atoms with Crippen LogP contribution in [0.2, 0.25) is 0 Å². The van der Waals surface area contributed by atoms with E-state index in [2.05, 4.69) is 62.5 Å². The molecule has 0 saturated carbocycles. The average molecular weight is 295 g/mol. The minimum Gasteiger partial charge on any atom is -0.326 e. The van der Waals surface area contributed by atoms with Gasteiger partial charge in [0.1, 0.15) is 0 Å². The lowest BCUT2D eigenvalue weighted by molar-refractivity contribution is -0.119. The molecule has 2 nitrogen and oxygen atoms in total. The fourth-order valence-electron chi connectivity index (χ4n) is 2.39. The number of hydrogen-bond acceptors (Lipinski definition) is 1. The molecule has 0 aliphatic heterocycles. The summed E-state index contributed by atoms with van der Waals surface area (Å²) in [6.45, 7) is 8.37. The Hall–Kier alpha value is -2.09. The van der Waals surface area contributed by atoms with Gasteiger partial charge in [-0.25, -0.2) is 0 Å². The van der Waals surface area contributed by atoms with Gasteiger partial charge in [0, 0.05) is 11.6 Å². The molecule has 2 rings (SSSR count). The third kappa shape index (κ3) is 4.45. The van der Waals surface area contributed by atoms with Gasteiger partial charge in [0.2, 0.25) is 5.91 Å². The molecule has 1 N–H and O–H groups in total. The maximum Gasteiger partial charge on any atom is 0.227 e. The van der Waals surface area contributed by atoms with Gasteiger partial charge in [0.15, 0.2) is 0 Å². The van der Waals surface area contributed by atoms with Crippen molar-refractivity contribution >= 4 is 11.6 Å². The normalized spacial score (nSPS) is 12.2. The van der Waals surface area contributed by atoms with Gasteiger partial charge in [-0.05, 0) is 42.5 Å². The second-order valence-corrected chi connectivity index (χ2v) is 6.36. The lowest BCUT2D eigenvalue weighted by Crippen LogP contribution is -2.22. The number of anilines is 1. The van der Waals surface area contributed by atoms with Gasteiger partial charge < -0.3 is 5.32 Å². The SMILES string of the molecule is Cc1ccc(CC(C)C(=O)Nc2ccc(C(C)C)cc2)cc1. The van der Waals surface area contributed by atoms with Crippen molar-refractivity contribution in [2.24, 2.45) is 5.92 Å². The molecule has 0 radical (unpaired) electrons. The predicted octanol–water partition coefficient (Wildman–Crippen LogP) is 4.94. The van der Waals surface area contributed by atoms with E-state index in [0.29, 0.717) is 5.92 Å². The smallest absolute Gasteiger partial charge is 0.227 e. The monoisotopic (exact) mass is 295 g/mol. The van der Waals surface area contributed by atoms with Crippen LogP contribution in [0.4, 0.5) is 5.69 Å². The van der Waals surface area contributed by atoms with E-state index < -0.39 is 0 Å². The van der Waals surface area contributed by atoms with Crippen LogP contribution in [0.1, 0.15) is 43.4 Å². The third-order valence-corrected chi connectivity index (χ3v) is 3.95. The molecule has 0 aliphatic carbocycles. The number of carbonyl (C=O) groups is 1. The average Bonchev–Trinajstić information content (AvgIpc) is 2.50. The Balaban J connectivity index is 1.94. The first-order valence-corrected chi connectivity index (χ1v) is 7.92. The molecule has 1 amide bonds. The Morgan fingerprint density at radius 1 is 0.955 bits per heavy atom. The number of nitrogens with one attached hydrogen (secondary N) is 1. The molecule has 2 aromatic carbocycles. The largest absolute Gasteiger partial charge is 0.326 e. The Morgan fingerprint density at radius 2 is 1.55 bits per heavy atom. The van der Waals surface area contributed by atoms with E-state index in [1.54, 1.807) is 0 Å². The van der Waals surface area contributed by atoms with Crippen molar-refractivity contribution in [3.63, 3.8) is 0 Å². The van der Waals surface area contributed by atoms with Gasteiger partial charge in [-0.15, -0.1) is 0 Å². The molecule has 0 saturated heterocycles. The molecule has 0 aromatic heterocycles. The number of aryl methyl sites for hydroxylation is 1. The highest BCUT2D eigenvalue weighted by Gasteiger charge is 2.13. The van der Waals surface area contributed by atoms with Crippen LogP contribution in [0.3, 0.4) is 0 Å². The second-order valence-electron chi connectivity index (χ2n) is 6.36. The first-order valence-electron chi connectivity index (χ1n) is 7.92. The maximum atomic E-state index is 12.3. The molecule has 2 aromatic rings. The van der Waals surface area contributed by atoms with Crippen LogP contribution in [0, 0.1) is 12.8 Å². The molecule has 1 unspecified atom stereocenters. The van der Waals surface area contributed by atoms with Crippen LogP contribution < -0.4 is 5.32 Å². The Kier molecular flexibility index (Phi) is 5.37. The van der Waals surface area contributed by atoms with Crippen LogP contribution in [-0.4, -0.2) is 5.91 Å². The Bertz CT molecular complexity index is 611. The Morgan fingerprint density at radius 3 is 2.09 bits per heavy atom. The van der Waals surface area contributed by atoms with Crippen molar-refractivity contribution in [1.82, 2.24) is 0 Å².